The quantitative estimate of drug-likeness (QED) is 0.234. The molecule has 0 saturated heterocycles. The van der Waals surface area contributed by atoms with E-state index in [1.807, 2.05) is 0 Å². The molecule has 42 heavy (non-hydrogen) atoms. The number of rotatable bonds is 12. The smallest absolute Gasteiger partial charge is 0.176 e. The highest BCUT2D eigenvalue weighted by Gasteiger charge is 2.47. The third kappa shape index (κ3) is 8.67. The molecule has 2 aromatic rings. The number of unbranched alkanes of at least 4 members (excludes halogenated alkanes) is 2. The van der Waals surface area contributed by atoms with Gasteiger partial charge in [-0.05, 0) is 97.1 Å². The van der Waals surface area contributed by atoms with Crippen LogP contribution in [0, 0.1) is 29.1 Å². The fourth-order valence-electron chi connectivity index (χ4n) is 7.89. The summed E-state index contributed by atoms with van der Waals surface area (Å²) in [5.41, 5.74) is 5.25. The van der Waals surface area contributed by atoms with Crippen molar-refractivity contribution in [1.29, 1.82) is 0 Å². The molecule has 0 N–H and O–H groups in total. The molecule has 2 aromatic carbocycles. The lowest BCUT2D eigenvalue weighted by molar-refractivity contribution is -0.114. The van der Waals surface area contributed by atoms with Crippen LogP contribution in [-0.2, 0) is 24.1 Å². The van der Waals surface area contributed by atoms with Crippen molar-refractivity contribution in [3.63, 3.8) is 0 Å². The van der Waals surface area contributed by atoms with Gasteiger partial charge in [0.2, 0.25) is 0 Å². The Morgan fingerprint density at radius 2 is 1.55 bits per heavy atom. The van der Waals surface area contributed by atoms with Gasteiger partial charge >= 0.3 is 0 Å². The third-order valence-corrected chi connectivity index (χ3v) is 11.1. The predicted octanol–water partition coefficient (Wildman–Crippen LogP) is 10.7. The fourth-order valence-corrected chi connectivity index (χ4v) is 7.89. The van der Waals surface area contributed by atoms with Crippen molar-refractivity contribution >= 4 is 11.5 Å². The van der Waals surface area contributed by atoms with Crippen LogP contribution in [0.4, 0.5) is 0 Å². The van der Waals surface area contributed by atoms with Crippen LogP contribution in [0.3, 0.4) is 0 Å². The van der Waals surface area contributed by atoms with Crippen LogP contribution in [0.15, 0.2) is 59.6 Å². The molecule has 3 atom stereocenters. The lowest BCUT2D eigenvalue weighted by atomic mass is 9.62. The summed E-state index contributed by atoms with van der Waals surface area (Å²) < 4.78 is 0. The predicted molar refractivity (Wildman–Crippen MR) is 180 cm³/mol. The summed E-state index contributed by atoms with van der Waals surface area (Å²) >= 11 is 0. The second kappa shape index (κ2) is 15.0. The number of Topliss-reactive ketones (excluding diaryl/α,β-unsaturated/α-hetero) is 1. The zero-order chi connectivity index (χ0) is 30.2. The molecule has 0 radical (unpaired) electrons. The van der Waals surface area contributed by atoms with Crippen LogP contribution in [0.25, 0.3) is 0 Å². The molecule has 0 aromatic heterocycles. The number of carbonyl (C=O) groups is 1. The van der Waals surface area contributed by atoms with Gasteiger partial charge in [-0.15, -0.1) is 0 Å². The number of hydrogen-bond donors (Lipinski definition) is 0. The molecule has 4 rings (SSSR count). The molecule has 1 fully saturated rings. The Kier molecular flexibility index (Phi) is 11.7. The number of hydrogen-bond acceptors (Lipinski definition) is 2. The molecular weight excluding hydrogens is 510 g/mol. The van der Waals surface area contributed by atoms with Gasteiger partial charge in [0.05, 0.1) is 11.3 Å². The van der Waals surface area contributed by atoms with Gasteiger partial charge in [0.15, 0.2) is 5.78 Å². The first-order chi connectivity index (χ1) is 20.1. The highest BCUT2D eigenvalue weighted by atomic mass is 16.1. The molecule has 3 unspecified atom stereocenters. The molecule has 0 bridgehead atoms. The maximum Gasteiger partial charge on any atom is 0.176 e. The molecule has 1 spiro atoms. The lowest BCUT2D eigenvalue weighted by Gasteiger charge is -2.46. The average Bonchev–Trinajstić information content (AvgIpc) is 3.07. The van der Waals surface area contributed by atoms with Crippen LogP contribution in [-0.4, -0.2) is 17.0 Å². The van der Waals surface area contributed by atoms with E-state index in [0.717, 1.165) is 49.7 Å². The first-order valence-corrected chi connectivity index (χ1v) is 17.4. The number of carbonyl (C=O) groups excluding carboxylic acids is 1. The van der Waals surface area contributed by atoms with E-state index in [4.69, 9.17) is 4.99 Å². The summed E-state index contributed by atoms with van der Waals surface area (Å²) in [6, 6.07) is 20.1. The second-order valence-electron chi connectivity index (χ2n) is 15.0. The average molecular weight is 570 g/mol. The fraction of sp³-hybridized carbons (Fsp3) is 0.650. The number of ketones is 1. The molecule has 1 saturated carbocycles. The number of aryl methyl sites for hydroxylation is 1. The van der Waals surface area contributed by atoms with E-state index < -0.39 is 0 Å². The van der Waals surface area contributed by atoms with Gasteiger partial charge in [0.1, 0.15) is 0 Å². The van der Waals surface area contributed by atoms with Crippen molar-refractivity contribution in [2.45, 2.75) is 137 Å². The maximum atomic E-state index is 13.8. The topological polar surface area (TPSA) is 29.4 Å². The largest absolute Gasteiger partial charge is 0.293 e. The van der Waals surface area contributed by atoms with E-state index in [1.165, 1.54) is 68.1 Å². The van der Waals surface area contributed by atoms with Gasteiger partial charge in [-0.3, -0.25) is 9.79 Å². The van der Waals surface area contributed by atoms with Crippen molar-refractivity contribution in [3.05, 3.63) is 71.3 Å². The van der Waals surface area contributed by atoms with E-state index in [2.05, 4.69) is 96.1 Å². The molecule has 230 valence electrons. The van der Waals surface area contributed by atoms with Crippen LogP contribution in [0.1, 0.15) is 129 Å². The zero-order valence-electron chi connectivity index (χ0n) is 27.8. The van der Waals surface area contributed by atoms with E-state index in [9.17, 15) is 4.79 Å². The van der Waals surface area contributed by atoms with Gasteiger partial charge in [-0.1, -0.05) is 128 Å². The van der Waals surface area contributed by atoms with Gasteiger partial charge in [-0.2, -0.15) is 0 Å². The van der Waals surface area contributed by atoms with Crippen molar-refractivity contribution in [1.82, 2.24) is 0 Å². The van der Waals surface area contributed by atoms with Crippen molar-refractivity contribution in [2.24, 2.45) is 34.1 Å². The first kappa shape index (κ1) is 32.7. The van der Waals surface area contributed by atoms with Crippen molar-refractivity contribution in [2.75, 3.05) is 0 Å². The standard InChI is InChI=1S/C40H59NO/c1-7-9-11-14-31(8-2)27-33-17-19-34(20-18-33)28-35-29-38(42)37(22-21-32-15-12-10-13-16-32)41-40(30(35)3)25-23-36(24-26-40)39(4,5)6/h10,12-13,15-20,30-31,35-36H,7-9,11,14,21-29H2,1-6H3. The number of nitrogens with zero attached hydrogens (tertiary/aromatic N) is 1. The maximum absolute atomic E-state index is 13.8. The molecule has 1 heterocycles. The van der Waals surface area contributed by atoms with Crippen LogP contribution in [0.5, 0.6) is 0 Å². The summed E-state index contributed by atoms with van der Waals surface area (Å²) in [5, 5.41) is 0. The lowest BCUT2D eigenvalue weighted by Crippen LogP contribution is -2.43. The molecule has 1 aliphatic heterocycles. The second-order valence-corrected chi connectivity index (χ2v) is 15.0. The Balaban J connectivity index is 1.50. The molecule has 2 heteroatoms. The van der Waals surface area contributed by atoms with E-state index >= 15 is 0 Å². The van der Waals surface area contributed by atoms with Gasteiger partial charge < -0.3 is 0 Å². The highest BCUT2D eigenvalue weighted by Crippen LogP contribution is 2.49. The third-order valence-electron chi connectivity index (χ3n) is 11.1. The summed E-state index contributed by atoms with van der Waals surface area (Å²) in [5.74, 6) is 2.56. The van der Waals surface area contributed by atoms with Gasteiger partial charge in [0, 0.05) is 6.42 Å². The van der Waals surface area contributed by atoms with Gasteiger partial charge in [-0.25, -0.2) is 0 Å². The molecular formula is C40H59NO. The van der Waals surface area contributed by atoms with Crippen LogP contribution < -0.4 is 0 Å². The summed E-state index contributed by atoms with van der Waals surface area (Å²) in [7, 11) is 0. The SMILES string of the molecule is CCCCCC(CC)Cc1ccc(CC2CC(=O)C(CCc3ccccc3)=NC3(CCC(C(C)(C)C)CC3)C2C)cc1. The van der Waals surface area contributed by atoms with Crippen molar-refractivity contribution in [3.8, 4) is 0 Å². The summed E-state index contributed by atoms with van der Waals surface area (Å²) in [4.78, 5) is 19.3. The zero-order valence-corrected chi connectivity index (χ0v) is 27.8. The minimum absolute atomic E-state index is 0.0998. The Labute approximate surface area is 258 Å². The minimum Gasteiger partial charge on any atom is -0.293 e. The Morgan fingerprint density at radius 1 is 0.881 bits per heavy atom. The van der Waals surface area contributed by atoms with Gasteiger partial charge in [0.25, 0.3) is 0 Å². The normalized spacial score (nSPS) is 25.7. The molecule has 0 amide bonds. The van der Waals surface area contributed by atoms with Crippen LogP contribution in [0.2, 0.25) is 0 Å². The number of benzene rings is 2. The Bertz CT molecular complexity index is 1130. The summed E-state index contributed by atoms with van der Waals surface area (Å²) in [6.45, 7) is 14.2. The highest BCUT2D eigenvalue weighted by molar-refractivity contribution is 6.40. The van der Waals surface area contributed by atoms with E-state index in [0.29, 0.717) is 29.5 Å². The van der Waals surface area contributed by atoms with E-state index in [1.54, 1.807) is 0 Å². The van der Waals surface area contributed by atoms with Crippen molar-refractivity contribution < 1.29 is 4.79 Å². The monoisotopic (exact) mass is 569 g/mol. The molecule has 1 aliphatic carbocycles. The Hall–Kier alpha value is -2.22. The van der Waals surface area contributed by atoms with Crippen LogP contribution >= 0.6 is 0 Å². The Morgan fingerprint density at radius 3 is 2.17 bits per heavy atom. The molecule has 2 aliphatic rings. The molecule has 2 nitrogen and oxygen atoms in total. The minimum atomic E-state index is -0.0998. The summed E-state index contributed by atoms with van der Waals surface area (Å²) in [6.07, 6.45) is 15.7. The number of aliphatic imine (C=N–C) groups is 1. The first-order valence-electron chi connectivity index (χ1n) is 17.4. The van der Waals surface area contributed by atoms with E-state index in [-0.39, 0.29) is 5.54 Å².